The molecule has 10 heteroatoms. The van der Waals surface area contributed by atoms with Crippen LogP contribution in [0.5, 0.6) is 0 Å². The van der Waals surface area contributed by atoms with Crippen molar-refractivity contribution in [3.05, 3.63) is 64.2 Å². The Morgan fingerprint density at radius 3 is 2.64 bits per heavy atom. The molecule has 0 saturated carbocycles. The molecule has 1 atom stereocenters. The van der Waals surface area contributed by atoms with Crippen molar-refractivity contribution in [3.63, 3.8) is 0 Å². The topological polar surface area (TPSA) is 120 Å². The Balaban J connectivity index is 2.22. The summed E-state index contributed by atoms with van der Waals surface area (Å²) in [5.41, 5.74) is -0.735. The fourth-order valence-corrected chi connectivity index (χ4v) is 3.29. The van der Waals surface area contributed by atoms with E-state index in [1.54, 1.807) is 18.2 Å². The van der Waals surface area contributed by atoms with Gasteiger partial charge in [-0.05, 0) is 12.1 Å². The molecule has 0 fully saturated rings. The SMILES string of the molecule is COC(=O)c1c(CS(=O)c2ncccn2)n([O-])c2ccccc2[n+]1=O. The lowest BCUT2D eigenvalue weighted by Crippen LogP contribution is -2.32. The monoisotopic (exact) mass is 360 g/mol. The van der Waals surface area contributed by atoms with Crippen LogP contribution in [0.25, 0.3) is 11.0 Å². The number of hydrogen-bond donors (Lipinski definition) is 0. The molecule has 1 unspecified atom stereocenters. The van der Waals surface area contributed by atoms with Crippen LogP contribution in [-0.4, -0.2) is 32.0 Å². The Morgan fingerprint density at radius 1 is 1.28 bits per heavy atom. The number of aromatic nitrogens is 4. The molecule has 0 aliphatic carbocycles. The van der Waals surface area contributed by atoms with Crippen molar-refractivity contribution in [3.8, 4) is 0 Å². The van der Waals surface area contributed by atoms with Crippen LogP contribution in [0.1, 0.15) is 16.2 Å². The number of esters is 1. The second-order valence-corrected chi connectivity index (χ2v) is 6.23. The molecule has 0 N–H and O–H groups in total. The highest BCUT2D eigenvalue weighted by molar-refractivity contribution is 7.84. The molecular weight excluding hydrogens is 348 g/mol. The molecular formula is C15H12N4O5S. The first-order chi connectivity index (χ1) is 12.0. The summed E-state index contributed by atoms with van der Waals surface area (Å²) in [6.45, 7) is 0. The summed E-state index contributed by atoms with van der Waals surface area (Å²) < 4.78 is 17.8. The summed E-state index contributed by atoms with van der Waals surface area (Å²) in [6.07, 6.45) is 2.81. The van der Waals surface area contributed by atoms with Gasteiger partial charge in [-0.1, -0.05) is 12.1 Å². The van der Waals surface area contributed by atoms with Crippen molar-refractivity contribution >= 4 is 27.8 Å². The highest BCUT2D eigenvalue weighted by Crippen LogP contribution is 2.18. The van der Waals surface area contributed by atoms with E-state index < -0.39 is 28.2 Å². The number of methoxy groups -OCH3 is 1. The third kappa shape index (κ3) is 2.98. The maximum absolute atomic E-state index is 12.7. The molecule has 0 spiro atoms. The summed E-state index contributed by atoms with van der Waals surface area (Å²) in [7, 11) is -0.737. The second-order valence-electron chi connectivity index (χ2n) is 4.89. The number of benzene rings is 1. The molecule has 9 nitrogen and oxygen atoms in total. The minimum absolute atomic E-state index is 0.00314. The van der Waals surface area contributed by atoms with Crippen LogP contribution in [0.4, 0.5) is 0 Å². The first-order valence-electron chi connectivity index (χ1n) is 7.05. The predicted octanol–water partition coefficient (Wildman–Crippen LogP) is 0.786. The molecule has 2 heterocycles. The molecule has 0 saturated heterocycles. The lowest BCUT2D eigenvalue weighted by atomic mass is 10.2. The molecule has 0 radical (unpaired) electrons. The maximum Gasteiger partial charge on any atom is 0.410 e. The van der Waals surface area contributed by atoms with Gasteiger partial charge in [-0.2, -0.15) is 0 Å². The third-order valence-electron chi connectivity index (χ3n) is 3.43. The van der Waals surface area contributed by atoms with Gasteiger partial charge in [0.15, 0.2) is 0 Å². The Kier molecular flexibility index (Phi) is 4.52. The van der Waals surface area contributed by atoms with Crippen LogP contribution in [0.15, 0.2) is 47.9 Å². The van der Waals surface area contributed by atoms with Gasteiger partial charge in [0.05, 0.1) is 28.1 Å². The van der Waals surface area contributed by atoms with Gasteiger partial charge in [0.1, 0.15) is 11.2 Å². The van der Waals surface area contributed by atoms with Crippen LogP contribution in [0.3, 0.4) is 0 Å². The van der Waals surface area contributed by atoms with Crippen molar-refractivity contribution in [1.82, 2.24) is 14.7 Å². The largest absolute Gasteiger partial charge is 0.805 e. The quantitative estimate of drug-likeness (QED) is 0.383. The normalized spacial score (nSPS) is 12.0. The van der Waals surface area contributed by atoms with Gasteiger partial charge in [0, 0.05) is 23.4 Å². The van der Waals surface area contributed by atoms with Crippen LogP contribution in [0.2, 0.25) is 0 Å². The molecule has 0 aliphatic heterocycles. The molecule has 25 heavy (non-hydrogen) atoms. The maximum atomic E-state index is 12.7. The zero-order valence-electron chi connectivity index (χ0n) is 13.0. The van der Waals surface area contributed by atoms with Crippen molar-refractivity contribution in [2.75, 3.05) is 7.11 Å². The third-order valence-corrected chi connectivity index (χ3v) is 4.59. The molecule has 0 aliphatic rings. The van der Waals surface area contributed by atoms with Gasteiger partial charge in [0.25, 0.3) is 5.52 Å². The number of fused-ring (bicyclic) bond motifs is 1. The van der Waals surface area contributed by atoms with Crippen LogP contribution >= 0.6 is 0 Å². The molecule has 0 amide bonds. The number of hydrogen-bond acceptors (Lipinski definition) is 7. The van der Waals surface area contributed by atoms with E-state index in [4.69, 9.17) is 0 Å². The van der Waals surface area contributed by atoms with E-state index in [0.29, 0.717) is 9.16 Å². The average Bonchev–Trinajstić information content (AvgIpc) is 2.66. The van der Waals surface area contributed by atoms with Gasteiger partial charge < -0.3 is 14.7 Å². The smallest absolute Gasteiger partial charge is 0.410 e. The molecule has 1 aromatic carbocycles. The lowest BCUT2D eigenvalue weighted by molar-refractivity contribution is -0.469. The second kappa shape index (κ2) is 6.77. The number of carbonyl (C=O) groups is 1. The van der Waals surface area contributed by atoms with Gasteiger partial charge >= 0.3 is 11.7 Å². The predicted molar refractivity (Wildman–Crippen MR) is 87.6 cm³/mol. The minimum atomic E-state index is -1.83. The van der Waals surface area contributed by atoms with E-state index in [9.17, 15) is 19.1 Å². The van der Waals surface area contributed by atoms with Crippen molar-refractivity contribution in [2.24, 2.45) is 0 Å². The lowest BCUT2D eigenvalue weighted by Gasteiger charge is -2.17. The van der Waals surface area contributed by atoms with E-state index in [1.807, 2.05) is 0 Å². The molecule has 3 rings (SSSR count). The van der Waals surface area contributed by atoms with Gasteiger partial charge in [-0.3, -0.25) is 4.21 Å². The van der Waals surface area contributed by atoms with Gasteiger partial charge in [-0.25, -0.2) is 14.8 Å². The van der Waals surface area contributed by atoms with Crippen LogP contribution < -0.4 is 4.43 Å². The standard InChI is InChI=1S/C15H12N4O5S/c1-24-14(20)13-12(9-25(23)15-16-7-4-8-17-15)18(21)10-5-2-3-6-11(10)19(13)22/h2-8H,9H2,1H3. The number of ether oxygens (including phenoxy) is 1. The number of nitrogens with zero attached hydrogens (tertiary/aromatic N) is 4. The fraction of sp³-hybridized carbons (Fsp3) is 0.133. The van der Waals surface area contributed by atoms with Crippen LogP contribution in [0, 0.1) is 10.1 Å². The summed E-state index contributed by atoms with van der Waals surface area (Å²) in [5, 5.41) is 12.7. The summed E-state index contributed by atoms with van der Waals surface area (Å²) >= 11 is 0. The van der Waals surface area contributed by atoms with Gasteiger partial charge in [-0.15, -0.1) is 0 Å². The van der Waals surface area contributed by atoms with Crippen molar-refractivity contribution in [1.29, 1.82) is 0 Å². The molecule has 2 aromatic heterocycles. The summed E-state index contributed by atoms with van der Waals surface area (Å²) in [6, 6.07) is 7.53. The first kappa shape index (κ1) is 16.7. The Hall–Kier alpha value is -3.14. The highest BCUT2D eigenvalue weighted by atomic mass is 32.2. The van der Waals surface area contributed by atoms with Gasteiger partial charge in [0.2, 0.25) is 5.16 Å². The molecule has 0 bridgehead atoms. The number of rotatable bonds is 4. The van der Waals surface area contributed by atoms with E-state index in [-0.39, 0.29) is 21.9 Å². The number of para-hydroxylation sites is 2. The van der Waals surface area contributed by atoms with E-state index in [0.717, 1.165) is 7.11 Å². The van der Waals surface area contributed by atoms with E-state index in [1.165, 1.54) is 24.5 Å². The van der Waals surface area contributed by atoms with E-state index in [2.05, 4.69) is 14.7 Å². The summed E-state index contributed by atoms with van der Waals surface area (Å²) in [5.74, 6) is -1.41. The van der Waals surface area contributed by atoms with Crippen LogP contribution in [-0.2, 0) is 21.3 Å². The van der Waals surface area contributed by atoms with E-state index >= 15 is 0 Å². The Bertz CT molecular complexity index is 1040. The highest BCUT2D eigenvalue weighted by Gasteiger charge is 2.31. The number of carbonyl (C=O) groups excluding carboxylic acids is 1. The van der Waals surface area contributed by atoms with Crippen molar-refractivity contribution < 1.29 is 18.2 Å². The molecule has 3 aromatic rings. The fourth-order valence-electron chi connectivity index (χ4n) is 2.30. The Morgan fingerprint density at radius 2 is 1.96 bits per heavy atom. The zero-order valence-corrected chi connectivity index (χ0v) is 13.8. The Labute approximate surface area is 143 Å². The minimum Gasteiger partial charge on any atom is -0.805 e. The zero-order chi connectivity index (χ0) is 18.0. The molecule has 128 valence electrons. The summed E-state index contributed by atoms with van der Waals surface area (Å²) in [4.78, 5) is 32.3. The first-order valence-corrected chi connectivity index (χ1v) is 8.37. The van der Waals surface area contributed by atoms with Crippen molar-refractivity contribution in [2.45, 2.75) is 10.9 Å². The average molecular weight is 360 g/mol.